The van der Waals surface area contributed by atoms with Crippen molar-refractivity contribution >= 4 is 9.84 Å². The number of hydrogen-bond donors (Lipinski definition) is 1. The van der Waals surface area contributed by atoms with Crippen molar-refractivity contribution in [1.29, 1.82) is 0 Å². The molecule has 0 spiro atoms. The molecule has 0 bridgehead atoms. The van der Waals surface area contributed by atoms with Crippen molar-refractivity contribution in [2.24, 2.45) is 11.7 Å². The summed E-state index contributed by atoms with van der Waals surface area (Å²) < 4.78 is 37.0. The van der Waals surface area contributed by atoms with Gasteiger partial charge >= 0.3 is 0 Å². The van der Waals surface area contributed by atoms with Gasteiger partial charge in [0.2, 0.25) is 0 Å². The quantitative estimate of drug-likeness (QED) is 0.864. The minimum Gasteiger partial charge on any atom is -0.326 e. The molecule has 0 unspecified atom stereocenters. The van der Waals surface area contributed by atoms with Crippen molar-refractivity contribution < 1.29 is 12.8 Å². The Labute approximate surface area is 108 Å². The van der Waals surface area contributed by atoms with Gasteiger partial charge in [-0.25, -0.2) is 12.8 Å². The Morgan fingerprint density at radius 2 is 2.00 bits per heavy atom. The van der Waals surface area contributed by atoms with Gasteiger partial charge in [-0.1, -0.05) is 26.0 Å². The van der Waals surface area contributed by atoms with E-state index in [1.807, 2.05) is 13.8 Å². The molecular formula is C13H20FNO2S. The molecular weight excluding hydrogens is 253 g/mol. The van der Waals surface area contributed by atoms with E-state index in [0.29, 0.717) is 23.5 Å². The van der Waals surface area contributed by atoms with Crippen LogP contribution in [0.2, 0.25) is 0 Å². The summed E-state index contributed by atoms with van der Waals surface area (Å²) in [5.41, 5.74) is 6.34. The summed E-state index contributed by atoms with van der Waals surface area (Å²) >= 11 is 0. The van der Waals surface area contributed by atoms with Crippen LogP contribution in [0, 0.1) is 11.7 Å². The monoisotopic (exact) mass is 273 g/mol. The van der Waals surface area contributed by atoms with Crippen LogP contribution in [0.3, 0.4) is 0 Å². The summed E-state index contributed by atoms with van der Waals surface area (Å²) in [5.74, 6) is 0.0842. The standard InChI is InChI=1S/C13H20FNO2S/c1-10(2)5-6-18(16,17)9-11-3-4-13(14)12(7-11)8-15/h3-4,7,10H,5-6,8-9,15H2,1-2H3. The minimum atomic E-state index is -3.13. The molecule has 5 heteroatoms. The second-order valence-corrected chi connectivity index (χ2v) is 7.09. The highest BCUT2D eigenvalue weighted by atomic mass is 32.2. The number of benzene rings is 1. The lowest BCUT2D eigenvalue weighted by Crippen LogP contribution is -2.12. The molecule has 0 atom stereocenters. The zero-order chi connectivity index (χ0) is 13.8. The summed E-state index contributed by atoms with van der Waals surface area (Å²) in [6, 6.07) is 4.30. The van der Waals surface area contributed by atoms with E-state index in [9.17, 15) is 12.8 Å². The average molecular weight is 273 g/mol. The van der Waals surface area contributed by atoms with E-state index >= 15 is 0 Å². The molecule has 3 nitrogen and oxygen atoms in total. The zero-order valence-electron chi connectivity index (χ0n) is 10.8. The largest absolute Gasteiger partial charge is 0.326 e. The summed E-state index contributed by atoms with van der Waals surface area (Å²) in [7, 11) is -3.13. The molecule has 0 aliphatic heterocycles. The fraction of sp³-hybridized carbons (Fsp3) is 0.538. The molecule has 0 heterocycles. The third kappa shape index (κ3) is 4.74. The van der Waals surface area contributed by atoms with E-state index in [2.05, 4.69) is 0 Å². The average Bonchev–Trinajstić information content (AvgIpc) is 2.29. The van der Waals surface area contributed by atoms with Gasteiger partial charge in [0, 0.05) is 12.1 Å². The fourth-order valence-corrected chi connectivity index (χ4v) is 3.28. The van der Waals surface area contributed by atoms with Crippen molar-refractivity contribution in [1.82, 2.24) is 0 Å². The van der Waals surface area contributed by atoms with Gasteiger partial charge in [-0.15, -0.1) is 0 Å². The third-order valence-corrected chi connectivity index (χ3v) is 4.35. The van der Waals surface area contributed by atoms with Crippen LogP contribution in [-0.4, -0.2) is 14.2 Å². The van der Waals surface area contributed by atoms with E-state index in [1.165, 1.54) is 18.2 Å². The van der Waals surface area contributed by atoms with Crippen LogP contribution < -0.4 is 5.73 Å². The highest BCUT2D eigenvalue weighted by Crippen LogP contribution is 2.14. The van der Waals surface area contributed by atoms with E-state index in [-0.39, 0.29) is 23.9 Å². The SMILES string of the molecule is CC(C)CCS(=O)(=O)Cc1ccc(F)c(CN)c1. The molecule has 0 saturated carbocycles. The van der Waals surface area contributed by atoms with Gasteiger partial charge in [0.1, 0.15) is 5.82 Å². The van der Waals surface area contributed by atoms with Gasteiger partial charge in [-0.3, -0.25) is 0 Å². The van der Waals surface area contributed by atoms with Crippen molar-refractivity contribution in [2.75, 3.05) is 5.75 Å². The predicted molar refractivity (Wildman–Crippen MR) is 71.2 cm³/mol. The summed E-state index contributed by atoms with van der Waals surface area (Å²) in [6.45, 7) is 4.05. The van der Waals surface area contributed by atoms with Crippen LogP contribution in [0.1, 0.15) is 31.4 Å². The molecule has 0 aromatic heterocycles. The molecule has 0 fully saturated rings. The summed E-state index contributed by atoms with van der Waals surface area (Å²) in [5, 5.41) is 0. The molecule has 18 heavy (non-hydrogen) atoms. The third-order valence-electron chi connectivity index (χ3n) is 2.72. The predicted octanol–water partition coefficient (Wildman–Crippen LogP) is 2.25. The van der Waals surface area contributed by atoms with Gasteiger partial charge in [0.15, 0.2) is 9.84 Å². The zero-order valence-corrected chi connectivity index (χ0v) is 11.6. The fourth-order valence-electron chi connectivity index (χ4n) is 1.62. The highest BCUT2D eigenvalue weighted by molar-refractivity contribution is 7.90. The second-order valence-electron chi connectivity index (χ2n) is 4.90. The van der Waals surface area contributed by atoms with Crippen LogP contribution in [0.15, 0.2) is 18.2 Å². The normalized spacial score (nSPS) is 12.1. The summed E-state index contributed by atoms with van der Waals surface area (Å²) in [4.78, 5) is 0. The van der Waals surface area contributed by atoms with E-state index < -0.39 is 9.84 Å². The molecule has 0 saturated heterocycles. The Balaban J connectivity index is 2.78. The summed E-state index contributed by atoms with van der Waals surface area (Å²) in [6.07, 6.45) is 0.646. The number of hydrogen-bond acceptors (Lipinski definition) is 3. The van der Waals surface area contributed by atoms with Gasteiger partial charge in [0.05, 0.1) is 11.5 Å². The topological polar surface area (TPSA) is 60.2 Å². The minimum absolute atomic E-state index is 0.0486. The van der Waals surface area contributed by atoms with Crippen LogP contribution in [-0.2, 0) is 22.1 Å². The van der Waals surface area contributed by atoms with Crippen LogP contribution in [0.4, 0.5) is 4.39 Å². The van der Waals surface area contributed by atoms with Crippen molar-refractivity contribution in [3.63, 3.8) is 0 Å². The van der Waals surface area contributed by atoms with Crippen LogP contribution in [0.25, 0.3) is 0 Å². The Bertz CT molecular complexity index is 498. The lowest BCUT2D eigenvalue weighted by Gasteiger charge is -2.08. The number of nitrogens with two attached hydrogens (primary N) is 1. The van der Waals surface area contributed by atoms with E-state index in [1.54, 1.807) is 0 Å². The highest BCUT2D eigenvalue weighted by Gasteiger charge is 2.14. The van der Waals surface area contributed by atoms with Gasteiger partial charge in [-0.2, -0.15) is 0 Å². The van der Waals surface area contributed by atoms with Crippen molar-refractivity contribution in [3.8, 4) is 0 Å². The van der Waals surface area contributed by atoms with E-state index in [4.69, 9.17) is 5.73 Å². The molecule has 2 N–H and O–H groups in total. The van der Waals surface area contributed by atoms with Crippen LogP contribution >= 0.6 is 0 Å². The maximum Gasteiger partial charge on any atom is 0.154 e. The first-order valence-electron chi connectivity index (χ1n) is 6.02. The lowest BCUT2D eigenvalue weighted by atomic mass is 10.1. The Morgan fingerprint density at radius 1 is 1.33 bits per heavy atom. The van der Waals surface area contributed by atoms with Crippen molar-refractivity contribution in [3.05, 3.63) is 35.1 Å². The first kappa shape index (κ1) is 15.1. The van der Waals surface area contributed by atoms with E-state index in [0.717, 1.165) is 0 Å². The van der Waals surface area contributed by atoms with Crippen molar-refractivity contribution in [2.45, 2.75) is 32.6 Å². The Kier molecular flexibility index (Phi) is 5.28. The van der Waals surface area contributed by atoms with Gasteiger partial charge in [-0.05, 0) is 24.0 Å². The molecule has 0 radical (unpaired) electrons. The smallest absolute Gasteiger partial charge is 0.154 e. The second kappa shape index (κ2) is 6.29. The number of sulfone groups is 1. The first-order valence-corrected chi connectivity index (χ1v) is 7.84. The number of halogens is 1. The molecule has 0 aliphatic carbocycles. The maximum atomic E-state index is 13.2. The van der Waals surface area contributed by atoms with Gasteiger partial charge < -0.3 is 5.73 Å². The molecule has 1 aromatic carbocycles. The molecule has 1 aromatic rings. The van der Waals surface area contributed by atoms with Crippen LogP contribution in [0.5, 0.6) is 0 Å². The first-order chi connectivity index (χ1) is 8.34. The molecule has 0 aliphatic rings. The Hall–Kier alpha value is -0.940. The molecule has 1 rings (SSSR count). The maximum absolute atomic E-state index is 13.2. The Morgan fingerprint density at radius 3 is 2.56 bits per heavy atom. The molecule has 0 amide bonds. The lowest BCUT2D eigenvalue weighted by molar-refractivity contribution is 0.572. The molecule has 102 valence electrons. The number of rotatable bonds is 6. The van der Waals surface area contributed by atoms with Gasteiger partial charge in [0.25, 0.3) is 0 Å².